The highest BCUT2D eigenvalue weighted by Crippen LogP contribution is 2.23. The summed E-state index contributed by atoms with van der Waals surface area (Å²) in [4.78, 5) is 29.8. The zero-order valence-electron chi connectivity index (χ0n) is 14.5. The molecule has 0 aromatic heterocycles. The Bertz CT molecular complexity index is 677. The molecular formula is C18H23ClN4O3. The lowest BCUT2D eigenvalue weighted by molar-refractivity contribution is -0.135. The van der Waals surface area contributed by atoms with E-state index in [9.17, 15) is 14.7 Å². The largest absolute Gasteiger partial charge is 0.508 e. The molecule has 3 rings (SSSR count). The number of phenolic OH excluding ortho intramolecular Hbond substituents is 1. The Morgan fingerprint density at radius 2 is 1.88 bits per heavy atom. The van der Waals surface area contributed by atoms with E-state index in [1.807, 2.05) is 4.90 Å². The molecular weight excluding hydrogens is 356 g/mol. The topological polar surface area (TPSA) is 76.1 Å². The third-order valence-electron chi connectivity index (χ3n) is 4.86. The van der Waals surface area contributed by atoms with Crippen molar-refractivity contribution in [2.75, 3.05) is 51.1 Å². The van der Waals surface area contributed by atoms with Crippen LogP contribution in [0.2, 0.25) is 5.02 Å². The van der Waals surface area contributed by atoms with Crippen LogP contribution in [0.5, 0.6) is 5.75 Å². The van der Waals surface area contributed by atoms with E-state index in [0.29, 0.717) is 29.8 Å². The summed E-state index contributed by atoms with van der Waals surface area (Å²) in [6, 6.07) is 5.02. The molecule has 2 saturated heterocycles. The molecule has 0 radical (unpaired) electrons. The number of halogens is 1. The molecule has 140 valence electrons. The van der Waals surface area contributed by atoms with Crippen LogP contribution in [0.15, 0.2) is 30.9 Å². The number of phenols is 1. The molecule has 0 unspecified atom stereocenters. The smallest absolute Gasteiger partial charge is 0.246 e. The highest BCUT2D eigenvalue weighted by molar-refractivity contribution is 6.31. The molecule has 7 nitrogen and oxygen atoms in total. The van der Waals surface area contributed by atoms with Crippen molar-refractivity contribution in [1.82, 2.24) is 14.7 Å². The minimum absolute atomic E-state index is 0.0150. The maximum atomic E-state index is 12.4. The number of nitrogens with zero attached hydrogens (tertiary/aromatic N) is 3. The van der Waals surface area contributed by atoms with Crippen LogP contribution < -0.4 is 5.32 Å². The highest BCUT2D eigenvalue weighted by atomic mass is 35.5. The summed E-state index contributed by atoms with van der Waals surface area (Å²) in [5.41, 5.74) is 0.614. The normalized spacial score (nSPS) is 18.3. The van der Waals surface area contributed by atoms with Crippen LogP contribution in [0.25, 0.3) is 0 Å². The van der Waals surface area contributed by atoms with Gasteiger partial charge in [-0.25, -0.2) is 0 Å². The molecule has 2 amide bonds. The first-order chi connectivity index (χ1) is 12.5. The Balaban J connectivity index is 1.41. The summed E-state index contributed by atoms with van der Waals surface area (Å²) < 4.78 is 0. The van der Waals surface area contributed by atoms with Crippen LogP contribution in [0, 0.1) is 0 Å². The van der Waals surface area contributed by atoms with Crippen molar-refractivity contribution in [3.05, 3.63) is 35.9 Å². The van der Waals surface area contributed by atoms with Crippen molar-refractivity contribution in [2.24, 2.45) is 0 Å². The number of nitrogens with one attached hydrogen (secondary N) is 1. The number of piperazine rings is 1. The molecule has 2 aliphatic heterocycles. The molecule has 1 aromatic carbocycles. The van der Waals surface area contributed by atoms with Crippen LogP contribution in [-0.4, -0.2) is 83.5 Å². The summed E-state index contributed by atoms with van der Waals surface area (Å²) in [5, 5.41) is 12.9. The van der Waals surface area contributed by atoms with E-state index in [1.54, 1.807) is 11.0 Å². The van der Waals surface area contributed by atoms with Gasteiger partial charge in [-0.05, 0) is 18.2 Å². The van der Waals surface area contributed by atoms with Crippen molar-refractivity contribution in [3.8, 4) is 5.75 Å². The zero-order chi connectivity index (χ0) is 18.7. The van der Waals surface area contributed by atoms with Crippen LogP contribution in [0.4, 0.5) is 5.69 Å². The molecule has 1 aromatic rings. The second kappa shape index (κ2) is 7.97. The van der Waals surface area contributed by atoms with Crippen molar-refractivity contribution in [3.63, 3.8) is 0 Å². The molecule has 0 aliphatic carbocycles. The quantitative estimate of drug-likeness (QED) is 0.747. The molecule has 8 heteroatoms. The molecule has 0 saturated carbocycles. The van der Waals surface area contributed by atoms with Gasteiger partial charge in [-0.2, -0.15) is 0 Å². The Hall–Kier alpha value is -2.25. The van der Waals surface area contributed by atoms with Gasteiger partial charge in [-0.15, -0.1) is 0 Å². The number of benzene rings is 1. The monoisotopic (exact) mass is 378 g/mol. The number of hydrogen-bond donors (Lipinski definition) is 2. The lowest BCUT2D eigenvalue weighted by Crippen LogP contribution is -2.64. The van der Waals surface area contributed by atoms with Crippen LogP contribution >= 0.6 is 11.6 Å². The van der Waals surface area contributed by atoms with Gasteiger partial charge in [-0.3, -0.25) is 14.5 Å². The number of amides is 2. The minimum atomic E-state index is -0.0202. The number of likely N-dealkylation sites (tertiary alicyclic amines) is 1. The average Bonchev–Trinajstić information content (AvgIpc) is 2.58. The molecule has 0 bridgehead atoms. The van der Waals surface area contributed by atoms with Gasteiger partial charge in [0.2, 0.25) is 11.8 Å². The summed E-state index contributed by atoms with van der Waals surface area (Å²) in [5.74, 6) is 0.0555. The second-order valence-electron chi connectivity index (χ2n) is 6.57. The number of carbonyl (C=O) groups excluding carboxylic acids is 2. The number of hydrogen-bond acceptors (Lipinski definition) is 5. The Labute approximate surface area is 157 Å². The second-order valence-corrected chi connectivity index (χ2v) is 7.01. The van der Waals surface area contributed by atoms with E-state index in [4.69, 9.17) is 11.6 Å². The predicted octanol–water partition coefficient (Wildman–Crippen LogP) is 0.999. The van der Waals surface area contributed by atoms with Gasteiger partial charge in [0.25, 0.3) is 0 Å². The fraction of sp³-hybridized carbons (Fsp3) is 0.444. The van der Waals surface area contributed by atoms with E-state index in [2.05, 4.69) is 16.8 Å². The summed E-state index contributed by atoms with van der Waals surface area (Å²) >= 11 is 5.89. The Morgan fingerprint density at radius 1 is 1.19 bits per heavy atom. The van der Waals surface area contributed by atoms with Crippen LogP contribution in [0.1, 0.15) is 0 Å². The van der Waals surface area contributed by atoms with Gasteiger partial charge >= 0.3 is 0 Å². The fourth-order valence-electron chi connectivity index (χ4n) is 3.30. The first-order valence-electron chi connectivity index (χ1n) is 8.63. The van der Waals surface area contributed by atoms with Gasteiger partial charge < -0.3 is 20.2 Å². The van der Waals surface area contributed by atoms with Gasteiger partial charge in [0.15, 0.2) is 0 Å². The number of aromatic hydroxyl groups is 1. The van der Waals surface area contributed by atoms with E-state index in [1.165, 1.54) is 18.2 Å². The Kier molecular flexibility index (Phi) is 5.68. The maximum Gasteiger partial charge on any atom is 0.246 e. The van der Waals surface area contributed by atoms with E-state index >= 15 is 0 Å². The molecule has 2 fully saturated rings. The minimum Gasteiger partial charge on any atom is -0.508 e. The SMILES string of the molecule is C=CC(=O)N1CC(N2CCN(C(=O)CNc3cc(O)cc(Cl)c3)CC2)C1. The van der Waals surface area contributed by atoms with Crippen molar-refractivity contribution >= 4 is 29.1 Å². The van der Waals surface area contributed by atoms with Crippen LogP contribution in [-0.2, 0) is 9.59 Å². The lowest BCUT2D eigenvalue weighted by atomic mass is 10.1. The van der Waals surface area contributed by atoms with E-state index in [-0.39, 0.29) is 24.1 Å². The van der Waals surface area contributed by atoms with Gasteiger partial charge in [0.1, 0.15) is 5.75 Å². The molecule has 0 atom stereocenters. The molecule has 0 spiro atoms. The van der Waals surface area contributed by atoms with Gasteiger partial charge in [0.05, 0.1) is 6.54 Å². The van der Waals surface area contributed by atoms with Crippen LogP contribution in [0.3, 0.4) is 0 Å². The van der Waals surface area contributed by atoms with Gasteiger partial charge in [-0.1, -0.05) is 18.2 Å². The average molecular weight is 379 g/mol. The number of carbonyl (C=O) groups is 2. The van der Waals surface area contributed by atoms with E-state index < -0.39 is 0 Å². The lowest BCUT2D eigenvalue weighted by Gasteiger charge is -2.47. The fourth-order valence-corrected chi connectivity index (χ4v) is 3.53. The third-order valence-corrected chi connectivity index (χ3v) is 5.08. The van der Waals surface area contributed by atoms with Crippen molar-refractivity contribution in [1.29, 1.82) is 0 Å². The zero-order valence-corrected chi connectivity index (χ0v) is 15.3. The molecule has 2 heterocycles. The summed E-state index contributed by atoms with van der Waals surface area (Å²) in [6.07, 6.45) is 1.35. The molecule has 2 N–H and O–H groups in total. The molecule has 26 heavy (non-hydrogen) atoms. The number of anilines is 1. The third kappa shape index (κ3) is 4.28. The number of rotatable bonds is 5. The standard InChI is InChI=1S/C18H23ClN4O3/c1-2-17(25)23-11-15(12-23)21-3-5-22(6-4-21)18(26)10-20-14-7-13(19)8-16(24)9-14/h2,7-9,15,20,24H,1,3-6,10-12H2. The first kappa shape index (κ1) is 18.5. The summed E-state index contributed by atoms with van der Waals surface area (Å²) in [7, 11) is 0. The summed E-state index contributed by atoms with van der Waals surface area (Å²) in [6.45, 7) is 8.10. The van der Waals surface area contributed by atoms with Crippen molar-refractivity contribution < 1.29 is 14.7 Å². The maximum absolute atomic E-state index is 12.4. The van der Waals surface area contributed by atoms with Gasteiger partial charge in [0, 0.05) is 62.1 Å². The highest BCUT2D eigenvalue weighted by Gasteiger charge is 2.35. The predicted molar refractivity (Wildman–Crippen MR) is 100 cm³/mol. The van der Waals surface area contributed by atoms with Crippen molar-refractivity contribution in [2.45, 2.75) is 6.04 Å². The first-order valence-corrected chi connectivity index (χ1v) is 9.00. The van der Waals surface area contributed by atoms with E-state index in [0.717, 1.165) is 26.2 Å². The Morgan fingerprint density at radius 3 is 2.50 bits per heavy atom. The molecule has 2 aliphatic rings.